The van der Waals surface area contributed by atoms with Crippen LogP contribution >= 0.6 is 0 Å². The lowest BCUT2D eigenvalue weighted by molar-refractivity contribution is -0.119. The smallest absolute Gasteiger partial charge is 0.338 e. The van der Waals surface area contributed by atoms with E-state index in [1.165, 1.54) is 0 Å². The summed E-state index contributed by atoms with van der Waals surface area (Å²) in [6.07, 6.45) is 0. The molecule has 0 atom stereocenters. The van der Waals surface area contributed by atoms with Crippen LogP contribution < -0.4 is 11.0 Å². The van der Waals surface area contributed by atoms with Gasteiger partial charge in [-0.05, 0) is 41.8 Å². The summed E-state index contributed by atoms with van der Waals surface area (Å²) in [5.41, 5.74) is 2.92. The number of carbonyl (C=O) groups excluding carboxylic acids is 2. The minimum absolute atomic E-state index is 0.319. The van der Waals surface area contributed by atoms with E-state index in [9.17, 15) is 14.4 Å². The van der Waals surface area contributed by atoms with Crippen molar-refractivity contribution in [1.29, 1.82) is 0 Å². The molecule has 0 radical (unpaired) electrons. The molecule has 0 aliphatic carbocycles. The SMILES string of the molecule is CC(C)c1ccc(C(=O)OCC(=O)Nc2ccc3[nH]c(=O)[nH]c3c2)cc1. The van der Waals surface area contributed by atoms with Crippen molar-refractivity contribution in [3.8, 4) is 0 Å². The highest BCUT2D eigenvalue weighted by atomic mass is 16.5. The molecule has 1 aromatic heterocycles. The maximum atomic E-state index is 12.0. The van der Waals surface area contributed by atoms with Gasteiger partial charge in [-0.15, -0.1) is 0 Å². The van der Waals surface area contributed by atoms with E-state index >= 15 is 0 Å². The molecule has 0 unspecified atom stereocenters. The highest BCUT2D eigenvalue weighted by Gasteiger charge is 2.11. The molecular formula is C19H19N3O4. The monoisotopic (exact) mass is 353 g/mol. The van der Waals surface area contributed by atoms with E-state index in [0.717, 1.165) is 5.56 Å². The molecule has 3 rings (SSSR count). The van der Waals surface area contributed by atoms with E-state index in [1.807, 2.05) is 12.1 Å². The van der Waals surface area contributed by atoms with Crippen molar-refractivity contribution in [3.63, 3.8) is 0 Å². The Bertz CT molecular complexity index is 1000. The predicted octanol–water partition coefficient (Wildman–Crippen LogP) is 2.78. The third kappa shape index (κ3) is 4.00. The molecule has 7 heteroatoms. The van der Waals surface area contributed by atoms with Crippen LogP contribution in [0.1, 0.15) is 35.7 Å². The number of hydrogen-bond donors (Lipinski definition) is 3. The Hall–Kier alpha value is -3.35. The van der Waals surface area contributed by atoms with Crippen LogP contribution in [0.25, 0.3) is 11.0 Å². The average molecular weight is 353 g/mol. The zero-order valence-corrected chi connectivity index (χ0v) is 14.5. The van der Waals surface area contributed by atoms with Crippen LogP contribution in [0.3, 0.4) is 0 Å². The Kier molecular flexibility index (Phi) is 4.88. The van der Waals surface area contributed by atoms with E-state index in [4.69, 9.17) is 4.74 Å². The number of benzene rings is 2. The number of imidazole rings is 1. The topological polar surface area (TPSA) is 104 Å². The summed E-state index contributed by atoms with van der Waals surface area (Å²) in [5, 5.41) is 2.62. The number of rotatable bonds is 5. The zero-order valence-electron chi connectivity index (χ0n) is 14.5. The van der Waals surface area contributed by atoms with Gasteiger partial charge in [0.05, 0.1) is 16.6 Å². The molecule has 0 aliphatic heterocycles. The highest BCUT2D eigenvalue weighted by Crippen LogP contribution is 2.16. The first-order chi connectivity index (χ1) is 12.4. The van der Waals surface area contributed by atoms with Crippen molar-refractivity contribution >= 4 is 28.6 Å². The number of carbonyl (C=O) groups is 2. The number of aromatic amines is 2. The normalized spacial score (nSPS) is 10.9. The molecule has 2 aromatic carbocycles. The molecule has 1 heterocycles. The molecule has 0 saturated heterocycles. The second kappa shape index (κ2) is 7.26. The van der Waals surface area contributed by atoms with E-state index in [1.54, 1.807) is 30.3 Å². The fourth-order valence-corrected chi connectivity index (χ4v) is 2.53. The summed E-state index contributed by atoms with van der Waals surface area (Å²) in [5.74, 6) is -0.645. The molecule has 0 aliphatic rings. The van der Waals surface area contributed by atoms with Gasteiger partial charge < -0.3 is 20.0 Å². The molecule has 26 heavy (non-hydrogen) atoms. The molecule has 0 bridgehead atoms. The summed E-state index contributed by atoms with van der Waals surface area (Å²) in [6, 6.07) is 12.1. The molecule has 3 aromatic rings. The minimum Gasteiger partial charge on any atom is -0.452 e. The van der Waals surface area contributed by atoms with Gasteiger partial charge in [-0.25, -0.2) is 9.59 Å². The molecule has 0 saturated carbocycles. The van der Waals surface area contributed by atoms with Crippen LogP contribution in [0, 0.1) is 0 Å². The number of esters is 1. The molecule has 1 amide bonds. The van der Waals surface area contributed by atoms with Crippen LogP contribution in [-0.2, 0) is 9.53 Å². The highest BCUT2D eigenvalue weighted by molar-refractivity contribution is 5.96. The van der Waals surface area contributed by atoms with Crippen LogP contribution in [0.4, 0.5) is 5.69 Å². The van der Waals surface area contributed by atoms with Gasteiger partial charge in [0.1, 0.15) is 0 Å². The van der Waals surface area contributed by atoms with Gasteiger partial charge in [-0.2, -0.15) is 0 Å². The first-order valence-corrected chi connectivity index (χ1v) is 8.21. The Morgan fingerprint density at radius 2 is 1.73 bits per heavy atom. The lowest BCUT2D eigenvalue weighted by Gasteiger charge is -2.08. The van der Waals surface area contributed by atoms with Gasteiger partial charge in [0.15, 0.2) is 6.61 Å². The molecule has 7 nitrogen and oxygen atoms in total. The van der Waals surface area contributed by atoms with E-state index < -0.39 is 18.5 Å². The number of ether oxygens (including phenoxy) is 1. The lowest BCUT2D eigenvalue weighted by Crippen LogP contribution is -2.20. The summed E-state index contributed by atoms with van der Waals surface area (Å²) < 4.78 is 5.04. The standard InChI is InChI=1S/C19H19N3O4/c1-11(2)12-3-5-13(6-4-12)18(24)26-10-17(23)20-14-7-8-15-16(9-14)22-19(25)21-15/h3-9,11H,10H2,1-2H3,(H,20,23)(H2,21,22,25). The van der Waals surface area contributed by atoms with Gasteiger partial charge in [0, 0.05) is 5.69 Å². The molecule has 0 spiro atoms. The second-order valence-electron chi connectivity index (χ2n) is 6.24. The fraction of sp³-hybridized carbons (Fsp3) is 0.211. The number of amides is 1. The number of anilines is 1. The number of hydrogen-bond acceptors (Lipinski definition) is 4. The largest absolute Gasteiger partial charge is 0.452 e. The first-order valence-electron chi connectivity index (χ1n) is 8.21. The molecule has 0 fully saturated rings. The maximum absolute atomic E-state index is 12.0. The Balaban J connectivity index is 1.57. The summed E-state index contributed by atoms with van der Waals surface area (Å²) in [6.45, 7) is 3.74. The van der Waals surface area contributed by atoms with Crippen molar-refractivity contribution in [2.24, 2.45) is 0 Å². The van der Waals surface area contributed by atoms with Gasteiger partial charge in [0.25, 0.3) is 5.91 Å². The van der Waals surface area contributed by atoms with Crippen molar-refractivity contribution in [2.45, 2.75) is 19.8 Å². The first kappa shape index (κ1) is 17.5. The average Bonchev–Trinajstić information content (AvgIpc) is 2.99. The Morgan fingerprint density at radius 1 is 1.04 bits per heavy atom. The zero-order chi connectivity index (χ0) is 18.7. The second-order valence-corrected chi connectivity index (χ2v) is 6.24. The molecule has 134 valence electrons. The van der Waals surface area contributed by atoms with Crippen molar-refractivity contribution in [2.75, 3.05) is 11.9 Å². The van der Waals surface area contributed by atoms with Crippen molar-refractivity contribution in [1.82, 2.24) is 9.97 Å². The molecular weight excluding hydrogens is 334 g/mol. The molecule has 3 N–H and O–H groups in total. The van der Waals surface area contributed by atoms with Crippen LogP contribution in [0.2, 0.25) is 0 Å². The predicted molar refractivity (Wildman–Crippen MR) is 98.4 cm³/mol. The van der Waals surface area contributed by atoms with E-state index in [0.29, 0.717) is 28.2 Å². The van der Waals surface area contributed by atoms with E-state index in [2.05, 4.69) is 29.1 Å². The number of aromatic nitrogens is 2. The lowest BCUT2D eigenvalue weighted by atomic mass is 10.0. The third-order valence-electron chi connectivity index (χ3n) is 3.95. The minimum atomic E-state index is -0.555. The van der Waals surface area contributed by atoms with Crippen LogP contribution in [0.15, 0.2) is 47.3 Å². The number of fused-ring (bicyclic) bond motifs is 1. The van der Waals surface area contributed by atoms with Gasteiger partial charge >= 0.3 is 11.7 Å². The Morgan fingerprint density at radius 3 is 2.42 bits per heavy atom. The van der Waals surface area contributed by atoms with Crippen molar-refractivity contribution < 1.29 is 14.3 Å². The summed E-state index contributed by atoms with van der Waals surface area (Å²) in [7, 11) is 0. The van der Waals surface area contributed by atoms with Gasteiger partial charge in [0.2, 0.25) is 0 Å². The Labute approximate surface area is 149 Å². The quantitative estimate of drug-likeness (QED) is 0.614. The number of nitrogens with one attached hydrogen (secondary N) is 3. The van der Waals surface area contributed by atoms with Crippen molar-refractivity contribution in [3.05, 3.63) is 64.1 Å². The maximum Gasteiger partial charge on any atom is 0.338 e. The van der Waals surface area contributed by atoms with Crippen LogP contribution in [0.5, 0.6) is 0 Å². The van der Waals surface area contributed by atoms with Gasteiger partial charge in [-0.3, -0.25) is 4.79 Å². The fourth-order valence-electron chi connectivity index (χ4n) is 2.53. The van der Waals surface area contributed by atoms with E-state index in [-0.39, 0.29) is 5.69 Å². The third-order valence-corrected chi connectivity index (χ3v) is 3.95. The summed E-state index contributed by atoms with van der Waals surface area (Å²) >= 11 is 0. The summed E-state index contributed by atoms with van der Waals surface area (Å²) in [4.78, 5) is 40.4. The van der Waals surface area contributed by atoms with Gasteiger partial charge in [-0.1, -0.05) is 26.0 Å². The number of H-pyrrole nitrogens is 2. The van der Waals surface area contributed by atoms with Crippen LogP contribution in [-0.4, -0.2) is 28.5 Å².